The number of nitrogens with one attached hydrogen (secondary N) is 1. The van der Waals surface area contributed by atoms with E-state index < -0.39 is 0 Å². The van der Waals surface area contributed by atoms with Crippen LogP contribution in [0.15, 0.2) is 28.9 Å². The van der Waals surface area contributed by atoms with Crippen molar-refractivity contribution in [1.82, 2.24) is 15.6 Å². The fourth-order valence-electron chi connectivity index (χ4n) is 1.67. The molecule has 1 atom stereocenters. The first-order chi connectivity index (χ1) is 8.70. The van der Waals surface area contributed by atoms with Gasteiger partial charge in [-0.05, 0) is 31.5 Å². The molecule has 0 spiro atoms. The van der Waals surface area contributed by atoms with E-state index in [0.29, 0.717) is 6.54 Å². The molecular weight excluding hydrogens is 230 g/mol. The molecule has 0 fully saturated rings. The van der Waals surface area contributed by atoms with Gasteiger partial charge in [-0.25, -0.2) is 4.63 Å². The Kier molecular flexibility index (Phi) is 3.94. The number of ether oxygens (including phenoxy) is 1. The predicted octanol–water partition coefficient (Wildman–Crippen LogP) is 2.24. The van der Waals surface area contributed by atoms with E-state index in [9.17, 15) is 0 Å². The summed E-state index contributed by atoms with van der Waals surface area (Å²) in [6.45, 7) is 4.62. The number of methoxy groups -OCH3 is 1. The average Bonchev–Trinajstić information content (AvgIpc) is 2.81. The molecular formula is C13H17N3O2. The Labute approximate surface area is 106 Å². The van der Waals surface area contributed by atoms with Crippen molar-refractivity contribution in [3.8, 4) is 5.75 Å². The fraction of sp³-hybridized carbons (Fsp3) is 0.385. The maximum Gasteiger partial charge on any atom is 0.121 e. The number of hydrogen-bond acceptors (Lipinski definition) is 5. The van der Waals surface area contributed by atoms with Crippen LogP contribution in [0.4, 0.5) is 0 Å². The van der Waals surface area contributed by atoms with Crippen molar-refractivity contribution in [2.45, 2.75) is 26.4 Å². The summed E-state index contributed by atoms with van der Waals surface area (Å²) in [6.07, 6.45) is 0. The molecule has 0 aliphatic carbocycles. The molecule has 0 bridgehead atoms. The lowest BCUT2D eigenvalue weighted by molar-refractivity contribution is 0.300. The van der Waals surface area contributed by atoms with Gasteiger partial charge in [-0.3, -0.25) is 0 Å². The molecule has 5 heteroatoms. The molecule has 0 aliphatic heterocycles. The standard InChI is InChI=1S/C13H17N3O2/c1-9(11-4-6-12(17-3)7-5-11)14-8-13-10(2)15-18-16-13/h4-7,9,14H,8H2,1-3H3/t9-/m0/s1. The quantitative estimate of drug-likeness (QED) is 0.878. The van der Waals surface area contributed by atoms with Gasteiger partial charge in [0, 0.05) is 12.6 Å². The van der Waals surface area contributed by atoms with Gasteiger partial charge >= 0.3 is 0 Å². The van der Waals surface area contributed by atoms with Crippen LogP contribution < -0.4 is 10.1 Å². The molecule has 0 saturated carbocycles. The molecule has 2 rings (SSSR count). The number of hydrogen-bond donors (Lipinski definition) is 1. The minimum Gasteiger partial charge on any atom is -0.497 e. The van der Waals surface area contributed by atoms with E-state index in [-0.39, 0.29) is 6.04 Å². The lowest BCUT2D eigenvalue weighted by atomic mass is 10.1. The number of nitrogens with zero attached hydrogens (tertiary/aromatic N) is 2. The minimum atomic E-state index is 0.229. The Morgan fingerprint density at radius 1 is 1.28 bits per heavy atom. The molecule has 0 saturated heterocycles. The number of aryl methyl sites for hydroxylation is 1. The molecule has 96 valence electrons. The summed E-state index contributed by atoms with van der Waals surface area (Å²) in [5, 5.41) is 11.0. The molecule has 0 radical (unpaired) electrons. The molecule has 2 aromatic rings. The van der Waals surface area contributed by atoms with E-state index in [1.807, 2.05) is 31.2 Å². The fourth-order valence-corrected chi connectivity index (χ4v) is 1.67. The highest BCUT2D eigenvalue weighted by Gasteiger charge is 2.09. The van der Waals surface area contributed by atoms with Crippen molar-refractivity contribution in [2.75, 3.05) is 7.11 Å². The summed E-state index contributed by atoms with van der Waals surface area (Å²) in [5.74, 6) is 0.863. The molecule has 0 aliphatic rings. The maximum absolute atomic E-state index is 5.13. The van der Waals surface area contributed by atoms with Gasteiger partial charge in [0.1, 0.15) is 17.1 Å². The summed E-state index contributed by atoms with van der Waals surface area (Å²) in [5.41, 5.74) is 2.87. The molecule has 1 N–H and O–H groups in total. The average molecular weight is 247 g/mol. The molecule has 1 aromatic heterocycles. The van der Waals surface area contributed by atoms with Crippen molar-refractivity contribution >= 4 is 0 Å². The Morgan fingerprint density at radius 2 is 2.00 bits per heavy atom. The SMILES string of the molecule is COc1ccc([C@H](C)NCc2nonc2C)cc1. The maximum atomic E-state index is 5.13. The van der Waals surface area contributed by atoms with E-state index in [1.54, 1.807) is 7.11 Å². The smallest absolute Gasteiger partial charge is 0.121 e. The van der Waals surface area contributed by atoms with E-state index in [1.165, 1.54) is 5.56 Å². The Morgan fingerprint density at radius 3 is 2.56 bits per heavy atom. The first-order valence-electron chi connectivity index (χ1n) is 5.86. The van der Waals surface area contributed by atoms with Crippen LogP contribution in [0.2, 0.25) is 0 Å². The van der Waals surface area contributed by atoms with Crippen LogP contribution in [0.25, 0.3) is 0 Å². The second kappa shape index (κ2) is 5.64. The van der Waals surface area contributed by atoms with Crippen LogP contribution in [-0.2, 0) is 6.54 Å². The lowest BCUT2D eigenvalue weighted by Gasteiger charge is -2.13. The first kappa shape index (κ1) is 12.6. The van der Waals surface area contributed by atoms with E-state index in [2.05, 4.69) is 27.2 Å². The summed E-state index contributed by atoms with van der Waals surface area (Å²) < 4.78 is 9.79. The summed E-state index contributed by atoms with van der Waals surface area (Å²) in [4.78, 5) is 0. The van der Waals surface area contributed by atoms with Crippen molar-refractivity contribution in [2.24, 2.45) is 0 Å². The second-order valence-electron chi connectivity index (χ2n) is 4.17. The lowest BCUT2D eigenvalue weighted by Crippen LogP contribution is -2.18. The van der Waals surface area contributed by atoms with E-state index in [4.69, 9.17) is 4.74 Å². The van der Waals surface area contributed by atoms with Crippen molar-refractivity contribution < 1.29 is 9.37 Å². The topological polar surface area (TPSA) is 60.2 Å². The van der Waals surface area contributed by atoms with E-state index in [0.717, 1.165) is 17.1 Å². The molecule has 18 heavy (non-hydrogen) atoms. The van der Waals surface area contributed by atoms with Crippen LogP contribution in [0, 0.1) is 6.92 Å². The third kappa shape index (κ3) is 2.87. The first-order valence-corrected chi connectivity index (χ1v) is 5.86. The zero-order valence-corrected chi connectivity index (χ0v) is 10.8. The van der Waals surface area contributed by atoms with Gasteiger partial charge in [-0.15, -0.1) is 0 Å². The monoisotopic (exact) mass is 247 g/mol. The zero-order chi connectivity index (χ0) is 13.0. The summed E-state index contributed by atoms with van der Waals surface area (Å²) >= 11 is 0. The van der Waals surface area contributed by atoms with Crippen LogP contribution in [-0.4, -0.2) is 17.4 Å². The van der Waals surface area contributed by atoms with E-state index >= 15 is 0 Å². The largest absolute Gasteiger partial charge is 0.497 e. The van der Waals surface area contributed by atoms with Crippen LogP contribution >= 0.6 is 0 Å². The predicted molar refractivity (Wildman–Crippen MR) is 67.3 cm³/mol. The molecule has 0 unspecified atom stereocenters. The highest BCUT2D eigenvalue weighted by Crippen LogP contribution is 2.17. The highest BCUT2D eigenvalue weighted by atomic mass is 16.6. The second-order valence-corrected chi connectivity index (χ2v) is 4.17. The van der Waals surface area contributed by atoms with Gasteiger partial charge in [-0.1, -0.05) is 22.4 Å². The number of aromatic nitrogens is 2. The summed E-state index contributed by atoms with van der Waals surface area (Å²) in [6, 6.07) is 8.23. The third-order valence-electron chi connectivity index (χ3n) is 2.94. The Hall–Kier alpha value is -1.88. The van der Waals surface area contributed by atoms with Crippen LogP contribution in [0.5, 0.6) is 5.75 Å². The Balaban J connectivity index is 1.94. The third-order valence-corrected chi connectivity index (χ3v) is 2.94. The molecule has 1 aromatic carbocycles. The van der Waals surface area contributed by atoms with Crippen LogP contribution in [0.3, 0.4) is 0 Å². The van der Waals surface area contributed by atoms with Crippen LogP contribution in [0.1, 0.15) is 29.9 Å². The molecule has 1 heterocycles. The molecule has 0 amide bonds. The van der Waals surface area contributed by atoms with Gasteiger partial charge in [0.2, 0.25) is 0 Å². The van der Waals surface area contributed by atoms with Crippen molar-refractivity contribution in [3.63, 3.8) is 0 Å². The number of benzene rings is 1. The van der Waals surface area contributed by atoms with Crippen molar-refractivity contribution in [1.29, 1.82) is 0 Å². The van der Waals surface area contributed by atoms with Gasteiger partial charge in [0.05, 0.1) is 7.11 Å². The highest BCUT2D eigenvalue weighted by molar-refractivity contribution is 5.28. The Bertz CT molecular complexity index is 493. The normalized spacial score (nSPS) is 12.4. The minimum absolute atomic E-state index is 0.229. The summed E-state index contributed by atoms with van der Waals surface area (Å²) in [7, 11) is 1.66. The van der Waals surface area contributed by atoms with Crippen molar-refractivity contribution in [3.05, 3.63) is 41.2 Å². The number of rotatable bonds is 5. The van der Waals surface area contributed by atoms with Gasteiger partial charge in [0.15, 0.2) is 0 Å². The molecule has 5 nitrogen and oxygen atoms in total. The zero-order valence-electron chi connectivity index (χ0n) is 10.8. The van der Waals surface area contributed by atoms with Gasteiger partial charge < -0.3 is 10.1 Å². The van der Waals surface area contributed by atoms with Gasteiger partial charge in [-0.2, -0.15) is 0 Å². The van der Waals surface area contributed by atoms with Gasteiger partial charge in [0.25, 0.3) is 0 Å².